The van der Waals surface area contributed by atoms with Gasteiger partial charge in [-0.05, 0) is 55.7 Å². The SMILES string of the molecule is Clc1cccc(CC(CBr)CCC2CCCO2)c1. The van der Waals surface area contributed by atoms with Crippen LogP contribution in [0.3, 0.4) is 0 Å². The summed E-state index contributed by atoms with van der Waals surface area (Å²) in [5.74, 6) is 0.674. The lowest BCUT2D eigenvalue weighted by molar-refractivity contribution is 0.0989. The highest BCUT2D eigenvalue weighted by Crippen LogP contribution is 2.23. The Bertz CT molecular complexity index is 363. The molecular weight excluding hydrogens is 312 g/mol. The Morgan fingerprint density at radius 3 is 3.00 bits per heavy atom. The smallest absolute Gasteiger partial charge is 0.0576 e. The Hall–Kier alpha value is -0.0500. The van der Waals surface area contributed by atoms with E-state index in [-0.39, 0.29) is 0 Å². The molecule has 0 aromatic heterocycles. The van der Waals surface area contributed by atoms with Crippen LogP contribution in [0, 0.1) is 5.92 Å². The molecule has 1 aromatic rings. The molecule has 0 saturated carbocycles. The van der Waals surface area contributed by atoms with E-state index in [0.717, 1.165) is 23.4 Å². The van der Waals surface area contributed by atoms with Crippen LogP contribution in [0.25, 0.3) is 0 Å². The molecule has 0 N–H and O–H groups in total. The number of hydrogen-bond acceptors (Lipinski definition) is 1. The number of alkyl halides is 1. The van der Waals surface area contributed by atoms with Gasteiger partial charge in [-0.2, -0.15) is 0 Å². The van der Waals surface area contributed by atoms with Gasteiger partial charge in [-0.15, -0.1) is 0 Å². The maximum absolute atomic E-state index is 6.02. The van der Waals surface area contributed by atoms with Gasteiger partial charge in [0, 0.05) is 17.0 Å². The Kier molecular flexibility index (Phi) is 6.00. The molecule has 100 valence electrons. The summed E-state index contributed by atoms with van der Waals surface area (Å²) < 4.78 is 5.68. The van der Waals surface area contributed by atoms with Gasteiger partial charge in [0.2, 0.25) is 0 Å². The van der Waals surface area contributed by atoms with E-state index in [1.165, 1.54) is 31.2 Å². The molecule has 0 amide bonds. The fraction of sp³-hybridized carbons (Fsp3) is 0.600. The van der Waals surface area contributed by atoms with Gasteiger partial charge < -0.3 is 4.74 Å². The number of halogens is 2. The second kappa shape index (κ2) is 7.52. The highest BCUT2D eigenvalue weighted by Gasteiger charge is 2.17. The van der Waals surface area contributed by atoms with Crippen LogP contribution in [-0.4, -0.2) is 18.0 Å². The average Bonchev–Trinajstić information content (AvgIpc) is 2.87. The zero-order valence-corrected chi connectivity index (χ0v) is 12.9. The second-order valence-corrected chi connectivity index (χ2v) is 6.15. The van der Waals surface area contributed by atoms with Gasteiger partial charge in [-0.1, -0.05) is 39.7 Å². The fourth-order valence-electron chi connectivity index (χ4n) is 2.52. The molecule has 2 atom stereocenters. The molecule has 1 aliphatic heterocycles. The van der Waals surface area contributed by atoms with Crippen molar-refractivity contribution < 1.29 is 4.74 Å². The largest absolute Gasteiger partial charge is 0.378 e. The minimum Gasteiger partial charge on any atom is -0.378 e. The molecule has 3 heteroatoms. The van der Waals surface area contributed by atoms with Crippen molar-refractivity contribution in [3.05, 3.63) is 34.9 Å². The lowest BCUT2D eigenvalue weighted by Gasteiger charge is -2.16. The van der Waals surface area contributed by atoms with Crippen molar-refractivity contribution in [1.82, 2.24) is 0 Å². The first-order valence-corrected chi connectivity index (χ1v) is 8.20. The van der Waals surface area contributed by atoms with Crippen molar-refractivity contribution in [1.29, 1.82) is 0 Å². The zero-order chi connectivity index (χ0) is 12.8. The van der Waals surface area contributed by atoms with Gasteiger partial charge >= 0.3 is 0 Å². The third-order valence-electron chi connectivity index (χ3n) is 3.55. The number of rotatable bonds is 6. The molecule has 2 rings (SSSR count). The van der Waals surface area contributed by atoms with Gasteiger partial charge in [0.05, 0.1) is 6.10 Å². The highest BCUT2D eigenvalue weighted by atomic mass is 79.9. The van der Waals surface area contributed by atoms with Crippen LogP contribution in [-0.2, 0) is 11.2 Å². The highest BCUT2D eigenvalue weighted by molar-refractivity contribution is 9.09. The molecule has 0 spiro atoms. The van der Waals surface area contributed by atoms with Crippen molar-refractivity contribution in [2.24, 2.45) is 5.92 Å². The molecule has 0 radical (unpaired) electrons. The van der Waals surface area contributed by atoms with Gasteiger partial charge in [0.1, 0.15) is 0 Å². The van der Waals surface area contributed by atoms with E-state index in [0.29, 0.717) is 12.0 Å². The molecule has 1 aliphatic rings. The molecule has 18 heavy (non-hydrogen) atoms. The van der Waals surface area contributed by atoms with E-state index in [1.807, 2.05) is 12.1 Å². The topological polar surface area (TPSA) is 9.23 Å². The summed E-state index contributed by atoms with van der Waals surface area (Å²) in [4.78, 5) is 0. The third kappa shape index (κ3) is 4.56. The van der Waals surface area contributed by atoms with Crippen LogP contribution in [0.5, 0.6) is 0 Å². The molecule has 1 aromatic carbocycles. The molecular formula is C15H20BrClO. The Labute approximate surface area is 123 Å². The molecule has 1 nitrogen and oxygen atoms in total. The summed E-state index contributed by atoms with van der Waals surface area (Å²) in [6, 6.07) is 8.19. The average molecular weight is 332 g/mol. The van der Waals surface area contributed by atoms with Crippen molar-refractivity contribution in [3.63, 3.8) is 0 Å². The van der Waals surface area contributed by atoms with E-state index in [4.69, 9.17) is 16.3 Å². The van der Waals surface area contributed by atoms with Gasteiger partial charge in [-0.25, -0.2) is 0 Å². The fourth-order valence-corrected chi connectivity index (χ4v) is 3.29. The maximum atomic E-state index is 6.02. The molecule has 1 fully saturated rings. The lowest BCUT2D eigenvalue weighted by Crippen LogP contribution is -2.12. The van der Waals surface area contributed by atoms with E-state index in [2.05, 4.69) is 28.1 Å². The zero-order valence-electron chi connectivity index (χ0n) is 10.6. The summed E-state index contributed by atoms with van der Waals surface area (Å²) in [7, 11) is 0. The maximum Gasteiger partial charge on any atom is 0.0576 e. The standard InChI is InChI=1S/C15H20BrClO/c16-11-13(6-7-15-5-2-8-18-15)9-12-3-1-4-14(17)10-12/h1,3-4,10,13,15H,2,5-9,11H2. The summed E-state index contributed by atoms with van der Waals surface area (Å²) in [5.41, 5.74) is 1.33. The molecule has 1 saturated heterocycles. The van der Waals surface area contributed by atoms with Gasteiger partial charge in [0.25, 0.3) is 0 Å². The van der Waals surface area contributed by atoms with Crippen LogP contribution in [0.1, 0.15) is 31.2 Å². The van der Waals surface area contributed by atoms with Crippen molar-refractivity contribution in [3.8, 4) is 0 Å². The van der Waals surface area contributed by atoms with Gasteiger partial charge in [-0.3, -0.25) is 0 Å². The van der Waals surface area contributed by atoms with Crippen LogP contribution in [0.4, 0.5) is 0 Å². The first kappa shape index (κ1) is 14.4. The van der Waals surface area contributed by atoms with Crippen LogP contribution in [0.2, 0.25) is 5.02 Å². The van der Waals surface area contributed by atoms with E-state index in [9.17, 15) is 0 Å². The summed E-state index contributed by atoms with van der Waals surface area (Å²) in [5, 5.41) is 1.88. The van der Waals surface area contributed by atoms with E-state index >= 15 is 0 Å². The summed E-state index contributed by atoms with van der Waals surface area (Å²) in [6.07, 6.45) is 6.49. The molecule has 1 heterocycles. The van der Waals surface area contributed by atoms with E-state index < -0.39 is 0 Å². The van der Waals surface area contributed by atoms with Crippen molar-refractivity contribution in [2.75, 3.05) is 11.9 Å². The van der Waals surface area contributed by atoms with E-state index in [1.54, 1.807) is 0 Å². The Morgan fingerprint density at radius 1 is 1.44 bits per heavy atom. The summed E-state index contributed by atoms with van der Waals surface area (Å²) >= 11 is 9.65. The van der Waals surface area contributed by atoms with Crippen LogP contribution >= 0.6 is 27.5 Å². The number of benzene rings is 1. The lowest BCUT2D eigenvalue weighted by atomic mass is 9.95. The predicted octanol–water partition coefficient (Wildman–Crippen LogP) is 4.85. The Balaban J connectivity index is 1.81. The number of hydrogen-bond donors (Lipinski definition) is 0. The monoisotopic (exact) mass is 330 g/mol. The minimum atomic E-state index is 0.505. The van der Waals surface area contributed by atoms with Crippen molar-refractivity contribution in [2.45, 2.75) is 38.2 Å². The Morgan fingerprint density at radius 2 is 2.33 bits per heavy atom. The normalized spacial score (nSPS) is 21.1. The first-order chi connectivity index (χ1) is 8.78. The predicted molar refractivity (Wildman–Crippen MR) is 80.6 cm³/mol. The quantitative estimate of drug-likeness (QED) is 0.677. The first-order valence-electron chi connectivity index (χ1n) is 6.70. The minimum absolute atomic E-state index is 0.505. The molecule has 0 bridgehead atoms. The molecule has 0 aliphatic carbocycles. The summed E-state index contributed by atoms with van der Waals surface area (Å²) in [6.45, 7) is 0.956. The van der Waals surface area contributed by atoms with Crippen molar-refractivity contribution >= 4 is 27.5 Å². The molecule has 2 unspecified atom stereocenters. The van der Waals surface area contributed by atoms with Crippen LogP contribution < -0.4 is 0 Å². The van der Waals surface area contributed by atoms with Crippen LogP contribution in [0.15, 0.2) is 24.3 Å². The number of ether oxygens (including phenoxy) is 1. The van der Waals surface area contributed by atoms with Gasteiger partial charge in [0.15, 0.2) is 0 Å². The second-order valence-electron chi connectivity index (χ2n) is 5.07. The third-order valence-corrected chi connectivity index (χ3v) is 4.70.